The van der Waals surface area contributed by atoms with Crippen LogP contribution in [0.4, 0.5) is 0 Å². The Morgan fingerprint density at radius 1 is 1.00 bits per heavy atom. The van der Waals surface area contributed by atoms with Gasteiger partial charge >= 0.3 is 0 Å². The lowest BCUT2D eigenvalue weighted by molar-refractivity contribution is -0.0369. The Kier molecular flexibility index (Phi) is 6.97. The van der Waals surface area contributed by atoms with E-state index >= 15 is 0 Å². The molecule has 2 aromatic rings. The number of nitrogens with zero attached hydrogens (tertiary/aromatic N) is 1. The smallest absolute Gasteiger partial charge is 0.161 e. The van der Waals surface area contributed by atoms with E-state index in [2.05, 4.69) is 61.5 Å². The van der Waals surface area contributed by atoms with Gasteiger partial charge in [0.25, 0.3) is 0 Å². The third-order valence-corrected chi connectivity index (χ3v) is 5.30. The van der Waals surface area contributed by atoms with Gasteiger partial charge in [0.15, 0.2) is 11.5 Å². The molecule has 1 aliphatic heterocycles. The summed E-state index contributed by atoms with van der Waals surface area (Å²) in [5, 5.41) is 0. The van der Waals surface area contributed by atoms with Gasteiger partial charge in [0.05, 0.1) is 19.8 Å². The fourth-order valence-corrected chi connectivity index (χ4v) is 4.08. The second-order valence-corrected chi connectivity index (χ2v) is 7.52. The first-order valence-corrected chi connectivity index (χ1v) is 10.4. The SMILES string of the molecule is CCOc1cc2c(cc1OCC)C(CCCN(C)C)(c1ccccc1)OCC2. The lowest BCUT2D eigenvalue weighted by Crippen LogP contribution is -2.37. The summed E-state index contributed by atoms with van der Waals surface area (Å²) in [7, 11) is 4.23. The van der Waals surface area contributed by atoms with Gasteiger partial charge in [-0.15, -0.1) is 0 Å². The number of ether oxygens (including phenoxy) is 3. The molecule has 0 radical (unpaired) electrons. The quantitative estimate of drug-likeness (QED) is 0.631. The van der Waals surface area contributed by atoms with Gasteiger partial charge in [-0.25, -0.2) is 0 Å². The second kappa shape index (κ2) is 9.44. The molecule has 0 saturated heterocycles. The summed E-state index contributed by atoms with van der Waals surface area (Å²) in [4.78, 5) is 2.23. The van der Waals surface area contributed by atoms with Crippen LogP contribution in [0.25, 0.3) is 0 Å². The maximum Gasteiger partial charge on any atom is 0.161 e. The molecular formula is C24H33NO3. The van der Waals surface area contributed by atoms with E-state index in [-0.39, 0.29) is 0 Å². The highest BCUT2D eigenvalue weighted by atomic mass is 16.5. The minimum absolute atomic E-state index is 0.443. The van der Waals surface area contributed by atoms with Crippen molar-refractivity contribution in [1.29, 1.82) is 0 Å². The highest BCUT2D eigenvalue weighted by molar-refractivity contribution is 5.53. The highest BCUT2D eigenvalue weighted by Gasteiger charge is 2.40. The van der Waals surface area contributed by atoms with Crippen molar-refractivity contribution in [1.82, 2.24) is 4.90 Å². The largest absolute Gasteiger partial charge is 0.490 e. The van der Waals surface area contributed by atoms with Crippen LogP contribution in [0.2, 0.25) is 0 Å². The van der Waals surface area contributed by atoms with Crippen molar-refractivity contribution in [2.24, 2.45) is 0 Å². The maximum absolute atomic E-state index is 6.58. The Balaban J connectivity index is 2.10. The molecule has 1 aliphatic rings. The van der Waals surface area contributed by atoms with E-state index < -0.39 is 5.60 Å². The molecular weight excluding hydrogens is 350 g/mol. The molecule has 0 spiro atoms. The van der Waals surface area contributed by atoms with Crippen molar-refractivity contribution < 1.29 is 14.2 Å². The minimum Gasteiger partial charge on any atom is -0.490 e. The number of hydrogen-bond acceptors (Lipinski definition) is 4. The third kappa shape index (κ3) is 4.34. The van der Waals surface area contributed by atoms with Gasteiger partial charge < -0.3 is 19.1 Å². The molecule has 1 heterocycles. The van der Waals surface area contributed by atoms with Crippen LogP contribution in [-0.2, 0) is 16.8 Å². The lowest BCUT2D eigenvalue weighted by atomic mass is 9.77. The summed E-state index contributed by atoms with van der Waals surface area (Å²) < 4.78 is 18.4. The van der Waals surface area contributed by atoms with Gasteiger partial charge in [-0.2, -0.15) is 0 Å². The van der Waals surface area contributed by atoms with Crippen LogP contribution in [0, 0.1) is 0 Å². The molecule has 4 heteroatoms. The molecule has 0 aliphatic carbocycles. The van der Waals surface area contributed by atoms with Crippen LogP contribution in [-0.4, -0.2) is 45.4 Å². The van der Waals surface area contributed by atoms with Gasteiger partial charge in [0, 0.05) is 0 Å². The summed E-state index contributed by atoms with van der Waals surface area (Å²) in [6.45, 7) is 6.99. The molecule has 2 aromatic carbocycles. The molecule has 3 rings (SSSR count). The van der Waals surface area contributed by atoms with E-state index in [9.17, 15) is 0 Å². The Hall–Kier alpha value is -2.04. The highest BCUT2D eigenvalue weighted by Crippen LogP contribution is 2.46. The summed E-state index contributed by atoms with van der Waals surface area (Å²) in [5.74, 6) is 1.64. The summed E-state index contributed by atoms with van der Waals surface area (Å²) in [6, 6.07) is 14.9. The Bertz CT molecular complexity index is 760. The molecule has 0 fully saturated rings. The first-order valence-electron chi connectivity index (χ1n) is 10.4. The van der Waals surface area contributed by atoms with Crippen LogP contribution in [0.15, 0.2) is 42.5 Å². The second-order valence-electron chi connectivity index (χ2n) is 7.52. The van der Waals surface area contributed by atoms with Gasteiger partial charge in [-0.1, -0.05) is 30.3 Å². The van der Waals surface area contributed by atoms with Gasteiger partial charge in [0.1, 0.15) is 5.60 Å². The van der Waals surface area contributed by atoms with E-state index in [4.69, 9.17) is 14.2 Å². The zero-order chi connectivity index (χ0) is 20.0. The molecule has 0 saturated carbocycles. The predicted molar refractivity (Wildman–Crippen MR) is 113 cm³/mol. The van der Waals surface area contributed by atoms with Gasteiger partial charge in [-0.05, 0) is 82.6 Å². The average Bonchev–Trinajstić information content (AvgIpc) is 2.69. The molecule has 1 unspecified atom stereocenters. The van der Waals surface area contributed by atoms with Crippen LogP contribution in [0.1, 0.15) is 43.4 Å². The van der Waals surface area contributed by atoms with E-state index in [1.165, 1.54) is 16.7 Å². The van der Waals surface area contributed by atoms with Crippen LogP contribution < -0.4 is 9.47 Å². The first-order chi connectivity index (χ1) is 13.6. The van der Waals surface area contributed by atoms with E-state index in [1.54, 1.807) is 0 Å². The zero-order valence-electron chi connectivity index (χ0n) is 17.7. The third-order valence-electron chi connectivity index (χ3n) is 5.30. The van der Waals surface area contributed by atoms with Crippen LogP contribution in [0.5, 0.6) is 11.5 Å². The van der Waals surface area contributed by atoms with Crippen molar-refractivity contribution in [3.63, 3.8) is 0 Å². The van der Waals surface area contributed by atoms with Crippen molar-refractivity contribution >= 4 is 0 Å². The number of hydrogen-bond donors (Lipinski definition) is 0. The van der Waals surface area contributed by atoms with Crippen molar-refractivity contribution in [3.8, 4) is 11.5 Å². The molecule has 0 amide bonds. The molecule has 28 heavy (non-hydrogen) atoms. The van der Waals surface area contributed by atoms with Crippen LogP contribution in [0.3, 0.4) is 0 Å². The molecule has 0 bridgehead atoms. The zero-order valence-corrected chi connectivity index (χ0v) is 17.7. The monoisotopic (exact) mass is 383 g/mol. The molecule has 0 N–H and O–H groups in total. The number of rotatable bonds is 9. The Morgan fingerprint density at radius 3 is 2.32 bits per heavy atom. The number of benzene rings is 2. The topological polar surface area (TPSA) is 30.9 Å². The minimum atomic E-state index is -0.443. The van der Waals surface area contributed by atoms with E-state index in [1.807, 2.05) is 13.8 Å². The fraction of sp³-hybridized carbons (Fsp3) is 0.500. The standard InChI is InChI=1S/C24H33NO3/c1-5-26-22-17-19-13-16-28-24(14-10-15-25(3)4,20-11-8-7-9-12-20)21(19)18-23(22)27-6-2/h7-9,11-12,17-18H,5-6,10,13-16H2,1-4H3. The Labute approximate surface area is 169 Å². The Morgan fingerprint density at radius 2 is 1.68 bits per heavy atom. The van der Waals surface area contributed by atoms with Crippen molar-refractivity contribution in [2.45, 2.75) is 38.7 Å². The molecule has 4 nitrogen and oxygen atoms in total. The normalized spacial score (nSPS) is 18.8. The van der Waals surface area contributed by atoms with E-state index in [0.717, 1.165) is 37.3 Å². The predicted octanol–water partition coefficient (Wildman–Crippen LogP) is 4.64. The van der Waals surface area contributed by atoms with Crippen LogP contribution >= 0.6 is 0 Å². The lowest BCUT2D eigenvalue weighted by Gasteiger charge is -2.40. The average molecular weight is 384 g/mol. The first kappa shape index (κ1) is 20.7. The molecule has 1 atom stereocenters. The van der Waals surface area contributed by atoms with Crippen molar-refractivity contribution in [3.05, 3.63) is 59.2 Å². The summed E-state index contributed by atoms with van der Waals surface area (Å²) in [6.07, 6.45) is 2.88. The van der Waals surface area contributed by atoms with Crippen molar-refractivity contribution in [2.75, 3.05) is 40.5 Å². The van der Waals surface area contributed by atoms with E-state index in [0.29, 0.717) is 19.8 Å². The number of fused-ring (bicyclic) bond motifs is 1. The van der Waals surface area contributed by atoms with Gasteiger partial charge in [-0.3, -0.25) is 0 Å². The maximum atomic E-state index is 6.58. The van der Waals surface area contributed by atoms with Gasteiger partial charge in [0.2, 0.25) is 0 Å². The summed E-state index contributed by atoms with van der Waals surface area (Å²) >= 11 is 0. The fourth-order valence-electron chi connectivity index (χ4n) is 4.08. The molecule has 152 valence electrons. The molecule has 0 aromatic heterocycles. The summed E-state index contributed by atoms with van der Waals surface area (Å²) in [5.41, 5.74) is 3.28.